The fraction of sp³-hybridized carbons (Fsp3) is 0.600. The van der Waals surface area contributed by atoms with Crippen LogP contribution in [0.2, 0.25) is 0 Å². The minimum Gasteiger partial charge on any atom is -0.487 e. The predicted molar refractivity (Wildman–Crippen MR) is 69.4 cm³/mol. The van der Waals surface area contributed by atoms with E-state index in [1.54, 1.807) is 0 Å². The molecule has 1 fully saturated rings. The van der Waals surface area contributed by atoms with Gasteiger partial charge in [0, 0.05) is 5.92 Å². The van der Waals surface area contributed by atoms with E-state index >= 15 is 0 Å². The molecule has 1 aliphatic carbocycles. The molecular weight excluding hydrogens is 210 g/mol. The smallest absolute Gasteiger partial charge is 0.123 e. The van der Waals surface area contributed by atoms with Crippen LogP contribution in [0.1, 0.15) is 49.1 Å². The Balaban J connectivity index is 2.00. The predicted octanol–water partition coefficient (Wildman–Crippen LogP) is 3.13. The van der Waals surface area contributed by atoms with Crippen LogP contribution in [0.15, 0.2) is 18.2 Å². The minimum atomic E-state index is 0.103. The summed E-state index contributed by atoms with van der Waals surface area (Å²) in [6.07, 6.45) is 6.13. The molecule has 0 radical (unpaired) electrons. The van der Waals surface area contributed by atoms with Crippen LogP contribution < -0.4 is 10.5 Å². The van der Waals surface area contributed by atoms with E-state index in [1.807, 2.05) is 0 Å². The lowest BCUT2D eigenvalue weighted by molar-refractivity contribution is 0.0428. The van der Waals surface area contributed by atoms with E-state index in [1.165, 1.54) is 36.8 Å². The monoisotopic (exact) mass is 231 g/mol. The van der Waals surface area contributed by atoms with Crippen LogP contribution in [-0.4, -0.2) is 12.1 Å². The first-order valence-corrected chi connectivity index (χ1v) is 6.72. The fourth-order valence-corrected chi connectivity index (χ4v) is 3.45. The maximum atomic E-state index is 6.31. The molecule has 17 heavy (non-hydrogen) atoms. The zero-order chi connectivity index (χ0) is 11.9. The SMILES string of the molecule is Cc1ccc2c(c1)C(CN)CC1(CCCC1)O2. The minimum absolute atomic E-state index is 0.103. The third kappa shape index (κ3) is 1.85. The van der Waals surface area contributed by atoms with Crippen molar-refractivity contribution in [1.29, 1.82) is 0 Å². The topological polar surface area (TPSA) is 35.2 Å². The van der Waals surface area contributed by atoms with Gasteiger partial charge in [0.25, 0.3) is 0 Å². The van der Waals surface area contributed by atoms with Crippen molar-refractivity contribution < 1.29 is 4.74 Å². The molecule has 2 aliphatic rings. The van der Waals surface area contributed by atoms with Crippen LogP contribution in [0.4, 0.5) is 0 Å². The highest BCUT2D eigenvalue weighted by atomic mass is 16.5. The average Bonchev–Trinajstić information content (AvgIpc) is 2.77. The molecule has 0 saturated heterocycles. The van der Waals surface area contributed by atoms with Gasteiger partial charge in [-0.3, -0.25) is 0 Å². The van der Waals surface area contributed by atoms with E-state index in [9.17, 15) is 0 Å². The zero-order valence-corrected chi connectivity index (χ0v) is 10.5. The van der Waals surface area contributed by atoms with Gasteiger partial charge in [-0.15, -0.1) is 0 Å². The highest BCUT2D eigenvalue weighted by molar-refractivity contribution is 5.42. The Morgan fingerprint density at radius 2 is 2.12 bits per heavy atom. The number of hydrogen-bond donors (Lipinski definition) is 1. The lowest BCUT2D eigenvalue weighted by Crippen LogP contribution is -2.40. The summed E-state index contributed by atoms with van der Waals surface area (Å²) in [5, 5.41) is 0. The van der Waals surface area contributed by atoms with Crippen LogP contribution in [0.25, 0.3) is 0 Å². The highest BCUT2D eigenvalue weighted by Gasteiger charge is 2.42. The Labute approximate surface area is 103 Å². The molecule has 2 N–H and O–H groups in total. The van der Waals surface area contributed by atoms with Crippen molar-refractivity contribution in [3.05, 3.63) is 29.3 Å². The Hall–Kier alpha value is -1.02. The number of hydrogen-bond acceptors (Lipinski definition) is 2. The molecule has 0 amide bonds. The van der Waals surface area contributed by atoms with Crippen molar-refractivity contribution in [3.8, 4) is 5.75 Å². The largest absolute Gasteiger partial charge is 0.487 e. The summed E-state index contributed by atoms with van der Waals surface area (Å²) < 4.78 is 6.31. The van der Waals surface area contributed by atoms with Gasteiger partial charge < -0.3 is 10.5 Å². The number of benzene rings is 1. The molecule has 1 saturated carbocycles. The van der Waals surface area contributed by atoms with Crippen LogP contribution in [0.3, 0.4) is 0 Å². The summed E-state index contributed by atoms with van der Waals surface area (Å²) in [7, 11) is 0. The molecule has 92 valence electrons. The normalized spacial score (nSPS) is 25.6. The van der Waals surface area contributed by atoms with Crippen molar-refractivity contribution in [2.75, 3.05) is 6.54 Å². The van der Waals surface area contributed by atoms with Gasteiger partial charge in [-0.05, 0) is 57.2 Å². The maximum Gasteiger partial charge on any atom is 0.123 e. The standard InChI is InChI=1S/C15H21NO/c1-11-4-5-14-13(8-11)12(10-16)9-15(17-14)6-2-3-7-15/h4-5,8,12H,2-3,6-7,9-10,16H2,1H3. The first-order valence-electron chi connectivity index (χ1n) is 6.72. The number of rotatable bonds is 1. The van der Waals surface area contributed by atoms with E-state index in [2.05, 4.69) is 25.1 Å². The molecule has 1 aromatic carbocycles. The van der Waals surface area contributed by atoms with Gasteiger partial charge in [-0.1, -0.05) is 17.7 Å². The second-order valence-corrected chi connectivity index (χ2v) is 5.67. The molecule has 1 heterocycles. The fourth-order valence-electron chi connectivity index (χ4n) is 3.45. The van der Waals surface area contributed by atoms with E-state index in [4.69, 9.17) is 10.5 Å². The molecule has 2 nitrogen and oxygen atoms in total. The van der Waals surface area contributed by atoms with Gasteiger partial charge in [0.1, 0.15) is 11.4 Å². The van der Waals surface area contributed by atoms with Gasteiger partial charge in [0.05, 0.1) is 0 Å². The molecule has 1 spiro atoms. The first-order chi connectivity index (χ1) is 8.22. The number of ether oxygens (including phenoxy) is 1. The van der Waals surface area contributed by atoms with E-state index in [-0.39, 0.29) is 5.60 Å². The van der Waals surface area contributed by atoms with E-state index in [0.717, 1.165) is 18.7 Å². The van der Waals surface area contributed by atoms with Gasteiger partial charge in [-0.25, -0.2) is 0 Å². The van der Waals surface area contributed by atoms with Crippen molar-refractivity contribution in [2.45, 2.75) is 50.5 Å². The van der Waals surface area contributed by atoms with Crippen molar-refractivity contribution in [2.24, 2.45) is 5.73 Å². The average molecular weight is 231 g/mol. The van der Waals surface area contributed by atoms with Crippen LogP contribution in [0, 0.1) is 6.92 Å². The molecule has 1 aliphatic heterocycles. The third-order valence-electron chi connectivity index (χ3n) is 4.35. The summed E-state index contributed by atoms with van der Waals surface area (Å²) in [6.45, 7) is 2.87. The highest BCUT2D eigenvalue weighted by Crippen LogP contribution is 2.47. The molecule has 3 rings (SSSR count). The van der Waals surface area contributed by atoms with Crippen molar-refractivity contribution in [1.82, 2.24) is 0 Å². The summed E-state index contributed by atoms with van der Waals surface area (Å²) in [6, 6.07) is 6.52. The Bertz CT molecular complexity index is 421. The second-order valence-electron chi connectivity index (χ2n) is 5.67. The Kier molecular flexibility index (Phi) is 2.62. The number of fused-ring (bicyclic) bond motifs is 1. The van der Waals surface area contributed by atoms with Crippen LogP contribution in [-0.2, 0) is 0 Å². The lowest BCUT2D eigenvalue weighted by atomic mass is 9.81. The maximum absolute atomic E-state index is 6.31. The molecule has 1 aromatic rings. The Morgan fingerprint density at radius 3 is 2.82 bits per heavy atom. The summed E-state index contributed by atoms with van der Waals surface area (Å²) in [5.74, 6) is 1.57. The van der Waals surface area contributed by atoms with Gasteiger partial charge in [0.15, 0.2) is 0 Å². The molecule has 1 unspecified atom stereocenters. The summed E-state index contributed by atoms with van der Waals surface area (Å²) in [5.41, 5.74) is 8.69. The second kappa shape index (κ2) is 4.02. The van der Waals surface area contributed by atoms with Gasteiger partial charge >= 0.3 is 0 Å². The third-order valence-corrected chi connectivity index (χ3v) is 4.35. The Morgan fingerprint density at radius 1 is 1.35 bits per heavy atom. The first kappa shape index (κ1) is 11.1. The molecular formula is C15H21NO. The van der Waals surface area contributed by atoms with E-state index in [0.29, 0.717) is 5.92 Å². The van der Waals surface area contributed by atoms with Crippen LogP contribution >= 0.6 is 0 Å². The summed E-state index contributed by atoms with van der Waals surface area (Å²) >= 11 is 0. The van der Waals surface area contributed by atoms with Crippen molar-refractivity contribution in [3.63, 3.8) is 0 Å². The number of aryl methyl sites for hydroxylation is 1. The van der Waals surface area contributed by atoms with Crippen LogP contribution in [0.5, 0.6) is 5.75 Å². The van der Waals surface area contributed by atoms with Gasteiger partial charge in [-0.2, -0.15) is 0 Å². The zero-order valence-electron chi connectivity index (χ0n) is 10.5. The molecule has 0 aromatic heterocycles. The quantitative estimate of drug-likeness (QED) is 0.806. The molecule has 0 bridgehead atoms. The summed E-state index contributed by atoms with van der Waals surface area (Å²) in [4.78, 5) is 0. The lowest BCUT2D eigenvalue weighted by Gasteiger charge is -2.40. The van der Waals surface area contributed by atoms with Crippen molar-refractivity contribution >= 4 is 0 Å². The van der Waals surface area contributed by atoms with E-state index < -0.39 is 0 Å². The molecule has 2 heteroatoms. The number of nitrogens with two attached hydrogens (primary N) is 1. The molecule has 1 atom stereocenters. The van der Waals surface area contributed by atoms with Gasteiger partial charge in [0.2, 0.25) is 0 Å².